The number of allylic oxidation sites excluding steroid dienone is 1. The van der Waals surface area contributed by atoms with Crippen LogP contribution in [0.25, 0.3) is 0 Å². The molecule has 0 heterocycles. The van der Waals surface area contributed by atoms with Gasteiger partial charge in [0.15, 0.2) is 0 Å². The molecule has 0 fully saturated rings. The fourth-order valence-corrected chi connectivity index (χ4v) is 0.266. The fourth-order valence-electron chi connectivity index (χ4n) is 0.266. The Hall–Kier alpha value is -0.920. The van der Waals surface area contributed by atoms with Gasteiger partial charge in [-0.2, -0.15) is 0 Å². The third-order valence-corrected chi connectivity index (χ3v) is 0.566. The zero-order valence-electron chi connectivity index (χ0n) is 5.04. The maximum atomic E-state index is 3.91. The molecular formula is C6H10N2. The topological polar surface area (TPSA) is 24.7 Å². The van der Waals surface area contributed by atoms with Gasteiger partial charge in [0.2, 0.25) is 0 Å². The average Bonchev–Trinajstić information content (AvgIpc) is 1.81. The largest absolute Gasteiger partial charge is 0.293 e. The molecule has 0 N–H and O–H groups in total. The lowest BCUT2D eigenvalue weighted by molar-refractivity contribution is 1.14. The highest BCUT2D eigenvalue weighted by molar-refractivity contribution is 5.70. The summed E-state index contributed by atoms with van der Waals surface area (Å²) in [6, 6.07) is 0. The van der Waals surface area contributed by atoms with E-state index in [0.717, 1.165) is 6.54 Å². The van der Waals surface area contributed by atoms with Crippen molar-refractivity contribution in [2.24, 2.45) is 9.98 Å². The first-order valence-electron chi connectivity index (χ1n) is 2.52. The smallest absolute Gasteiger partial charge is 0.0360 e. The Bertz CT molecular complexity index is 103. The summed E-state index contributed by atoms with van der Waals surface area (Å²) in [5.74, 6) is 0. The van der Waals surface area contributed by atoms with E-state index in [0.29, 0.717) is 0 Å². The first-order chi connectivity index (χ1) is 3.91. The molecule has 0 atom stereocenters. The van der Waals surface area contributed by atoms with Crippen LogP contribution in [0.4, 0.5) is 0 Å². The van der Waals surface area contributed by atoms with Gasteiger partial charge in [-0.15, -0.1) is 0 Å². The molecule has 0 aromatic heterocycles. The van der Waals surface area contributed by atoms with E-state index in [2.05, 4.69) is 16.7 Å². The highest BCUT2D eigenvalue weighted by atomic mass is 14.7. The first-order valence-corrected chi connectivity index (χ1v) is 2.52. The van der Waals surface area contributed by atoms with Gasteiger partial charge in [0.1, 0.15) is 0 Å². The molecule has 0 aliphatic rings. The summed E-state index contributed by atoms with van der Waals surface area (Å²) in [7, 11) is 0. The average molecular weight is 110 g/mol. The number of hydrogen-bond acceptors (Lipinski definition) is 2. The van der Waals surface area contributed by atoms with Gasteiger partial charge in [-0.3, -0.25) is 9.98 Å². The van der Waals surface area contributed by atoms with Crippen LogP contribution in [0.3, 0.4) is 0 Å². The second-order valence-corrected chi connectivity index (χ2v) is 1.17. The van der Waals surface area contributed by atoms with Crippen molar-refractivity contribution in [1.29, 1.82) is 0 Å². The van der Waals surface area contributed by atoms with Gasteiger partial charge in [0, 0.05) is 19.0 Å². The normalized spacial score (nSPS) is 11.1. The molecule has 0 amide bonds. The molecule has 0 saturated heterocycles. The van der Waals surface area contributed by atoms with Crippen LogP contribution in [-0.4, -0.2) is 19.5 Å². The van der Waals surface area contributed by atoms with Crippen molar-refractivity contribution in [3.63, 3.8) is 0 Å². The summed E-state index contributed by atoms with van der Waals surface area (Å²) in [5, 5.41) is 0. The Morgan fingerprint density at radius 3 is 2.88 bits per heavy atom. The van der Waals surface area contributed by atoms with Crippen LogP contribution in [0.1, 0.15) is 6.92 Å². The second kappa shape index (κ2) is 6.08. The fraction of sp³-hybridized carbons (Fsp3) is 0.333. The molecule has 44 valence electrons. The molecule has 0 spiro atoms. The summed E-state index contributed by atoms with van der Waals surface area (Å²) in [6.45, 7) is 6.06. The Morgan fingerprint density at radius 2 is 2.38 bits per heavy atom. The quantitative estimate of drug-likeness (QED) is 0.489. The Labute approximate surface area is 49.7 Å². The maximum absolute atomic E-state index is 3.91. The second-order valence-electron chi connectivity index (χ2n) is 1.17. The standard InChI is InChI=1S/C6H10N2/c1-3-8-6-4-5-7-2/h4-6H,2-3H2,1H3. The van der Waals surface area contributed by atoms with Gasteiger partial charge in [-0.25, -0.2) is 0 Å². The summed E-state index contributed by atoms with van der Waals surface area (Å²) in [4.78, 5) is 7.40. The summed E-state index contributed by atoms with van der Waals surface area (Å²) < 4.78 is 0. The van der Waals surface area contributed by atoms with E-state index in [1.807, 2.05) is 6.92 Å². The summed E-state index contributed by atoms with van der Waals surface area (Å²) in [5.41, 5.74) is 0. The predicted molar refractivity (Wildman–Crippen MR) is 37.7 cm³/mol. The lowest BCUT2D eigenvalue weighted by Gasteiger charge is -1.72. The highest BCUT2D eigenvalue weighted by Crippen LogP contribution is 1.68. The van der Waals surface area contributed by atoms with Crippen LogP contribution in [-0.2, 0) is 0 Å². The van der Waals surface area contributed by atoms with Crippen molar-refractivity contribution in [2.75, 3.05) is 6.54 Å². The van der Waals surface area contributed by atoms with E-state index >= 15 is 0 Å². The van der Waals surface area contributed by atoms with E-state index in [1.54, 1.807) is 18.5 Å². The maximum Gasteiger partial charge on any atom is 0.0360 e. The van der Waals surface area contributed by atoms with Crippen LogP contribution in [0.15, 0.2) is 22.3 Å². The lowest BCUT2D eigenvalue weighted by atomic mass is 10.6. The van der Waals surface area contributed by atoms with Crippen molar-refractivity contribution < 1.29 is 0 Å². The predicted octanol–water partition coefficient (Wildman–Crippen LogP) is 1.29. The van der Waals surface area contributed by atoms with Crippen molar-refractivity contribution in [1.82, 2.24) is 0 Å². The van der Waals surface area contributed by atoms with E-state index in [4.69, 9.17) is 0 Å². The molecule has 2 nitrogen and oxygen atoms in total. The highest BCUT2D eigenvalue weighted by Gasteiger charge is 1.59. The van der Waals surface area contributed by atoms with Crippen molar-refractivity contribution >= 4 is 12.9 Å². The van der Waals surface area contributed by atoms with Gasteiger partial charge < -0.3 is 0 Å². The molecule has 0 radical (unpaired) electrons. The van der Waals surface area contributed by atoms with Gasteiger partial charge in [0.05, 0.1) is 0 Å². The molecule has 2 heteroatoms. The number of hydrogen-bond donors (Lipinski definition) is 0. The minimum Gasteiger partial charge on any atom is -0.293 e. The van der Waals surface area contributed by atoms with Crippen LogP contribution < -0.4 is 0 Å². The molecule has 0 aromatic carbocycles. The Kier molecular flexibility index (Phi) is 5.38. The number of rotatable bonds is 3. The zero-order valence-corrected chi connectivity index (χ0v) is 5.04. The number of nitrogens with zero attached hydrogens (tertiary/aromatic N) is 2. The van der Waals surface area contributed by atoms with Crippen molar-refractivity contribution in [3.05, 3.63) is 12.3 Å². The minimum atomic E-state index is 0.821. The van der Waals surface area contributed by atoms with Crippen LogP contribution in [0.2, 0.25) is 0 Å². The SMILES string of the molecule is C=NC=CC=NCC. The van der Waals surface area contributed by atoms with E-state index in [1.165, 1.54) is 0 Å². The zero-order chi connectivity index (χ0) is 6.24. The Morgan fingerprint density at radius 1 is 1.62 bits per heavy atom. The molecule has 0 unspecified atom stereocenters. The summed E-state index contributed by atoms with van der Waals surface area (Å²) >= 11 is 0. The molecule has 0 saturated carbocycles. The minimum absolute atomic E-state index is 0.821. The van der Waals surface area contributed by atoms with Crippen LogP contribution >= 0.6 is 0 Å². The van der Waals surface area contributed by atoms with Crippen LogP contribution in [0.5, 0.6) is 0 Å². The van der Waals surface area contributed by atoms with Crippen molar-refractivity contribution in [3.8, 4) is 0 Å². The molecular weight excluding hydrogens is 100 g/mol. The van der Waals surface area contributed by atoms with Gasteiger partial charge in [-0.1, -0.05) is 0 Å². The third-order valence-electron chi connectivity index (χ3n) is 0.566. The molecule has 0 aliphatic carbocycles. The molecule has 0 aliphatic heterocycles. The van der Waals surface area contributed by atoms with Gasteiger partial charge in [-0.05, 0) is 19.7 Å². The Balaban J connectivity index is 3.26. The lowest BCUT2D eigenvalue weighted by Crippen LogP contribution is -1.67. The van der Waals surface area contributed by atoms with Gasteiger partial charge in [0.25, 0.3) is 0 Å². The summed E-state index contributed by atoms with van der Waals surface area (Å²) in [6.07, 6.45) is 5.05. The van der Waals surface area contributed by atoms with Crippen LogP contribution in [0, 0.1) is 0 Å². The first kappa shape index (κ1) is 7.08. The van der Waals surface area contributed by atoms with Crippen molar-refractivity contribution in [2.45, 2.75) is 6.92 Å². The van der Waals surface area contributed by atoms with E-state index in [9.17, 15) is 0 Å². The molecule has 0 bridgehead atoms. The van der Waals surface area contributed by atoms with E-state index < -0.39 is 0 Å². The van der Waals surface area contributed by atoms with Gasteiger partial charge >= 0.3 is 0 Å². The molecule has 0 rings (SSSR count). The molecule has 8 heavy (non-hydrogen) atoms. The monoisotopic (exact) mass is 110 g/mol. The number of aliphatic imine (C=N–C) groups is 2. The van der Waals surface area contributed by atoms with E-state index in [-0.39, 0.29) is 0 Å². The molecule has 0 aromatic rings. The third kappa shape index (κ3) is 5.08.